The first kappa shape index (κ1) is 17.1. The van der Waals surface area contributed by atoms with Crippen LogP contribution in [0, 0.1) is 0 Å². The van der Waals surface area contributed by atoms with E-state index in [1.165, 1.54) is 4.90 Å². The van der Waals surface area contributed by atoms with Gasteiger partial charge in [-0.1, -0.05) is 18.2 Å². The van der Waals surface area contributed by atoms with Gasteiger partial charge in [0.05, 0.1) is 13.2 Å². The molecule has 116 valence electrons. The molecule has 0 spiro atoms. The van der Waals surface area contributed by atoms with E-state index in [9.17, 15) is 9.59 Å². The number of aliphatic hydroxyl groups is 1. The van der Waals surface area contributed by atoms with Gasteiger partial charge in [0, 0.05) is 32.4 Å². The van der Waals surface area contributed by atoms with Gasteiger partial charge in [0.1, 0.15) is 0 Å². The van der Waals surface area contributed by atoms with Crippen LogP contribution in [0.1, 0.15) is 16.8 Å². The van der Waals surface area contributed by atoms with Crippen LogP contribution < -0.4 is 5.32 Å². The second kappa shape index (κ2) is 9.90. The zero-order valence-corrected chi connectivity index (χ0v) is 12.2. The summed E-state index contributed by atoms with van der Waals surface area (Å²) in [5.41, 5.74) is 0.512. The van der Waals surface area contributed by atoms with Crippen molar-refractivity contribution in [2.24, 2.45) is 0 Å². The van der Waals surface area contributed by atoms with Crippen molar-refractivity contribution in [2.75, 3.05) is 40.0 Å². The summed E-state index contributed by atoms with van der Waals surface area (Å²) in [5.74, 6) is -0.505. The van der Waals surface area contributed by atoms with Gasteiger partial charge in [-0.3, -0.25) is 9.59 Å². The average Bonchev–Trinajstić information content (AvgIpc) is 2.52. The second-order valence-electron chi connectivity index (χ2n) is 4.50. The van der Waals surface area contributed by atoms with Crippen molar-refractivity contribution in [3.05, 3.63) is 35.9 Å². The molecule has 0 saturated carbocycles. The highest BCUT2D eigenvalue weighted by molar-refractivity contribution is 5.96. The van der Waals surface area contributed by atoms with Crippen molar-refractivity contribution in [2.45, 2.75) is 6.42 Å². The largest absolute Gasteiger partial charge is 0.395 e. The average molecular weight is 294 g/mol. The first-order chi connectivity index (χ1) is 10.2. The zero-order chi connectivity index (χ0) is 15.5. The third-order valence-corrected chi connectivity index (χ3v) is 2.94. The minimum atomic E-state index is -0.287. The van der Waals surface area contributed by atoms with E-state index in [0.29, 0.717) is 25.1 Å². The number of carbonyl (C=O) groups excluding carboxylic acids is 2. The Bertz CT molecular complexity index is 437. The van der Waals surface area contributed by atoms with Gasteiger partial charge in [0.15, 0.2) is 0 Å². The molecule has 0 aliphatic rings. The number of amides is 2. The van der Waals surface area contributed by atoms with Crippen molar-refractivity contribution in [3.8, 4) is 0 Å². The van der Waals surface area contributed by atoms with Gasteiger partial charge < -0.3 is 20.1 Å². The molecular weight excluding hydrogens is 272 g/mol. The molecule has 2 amide bonds. The summed E-state index contributed by atoms with van der Waals surface area (Å²) in [5, 5.41) is 11.6. The van der Waals surface area contributed by atoms with Crippen LogP contribution in [0.2, 0.25) is 0 Å². The first-order valence-corrected chi connectivity index (χ1v) is 6.90. The monoisotopic (exact) mass is 294 g/mol. The molecule has 0 bridgehead atoms. The number of hydrogen-bond donors (Lipinski definition) is 2. The quantitative estimate of drug-likeness (QED) is 0.641. The third kappa shape index (κ3) is 6.37. The highest BCUT2D eigenvalue weighted by atomic mass is 16.5. The van der Waals surface area contributed by atoms with Crippen molar-refractivity contribution < 1.29 is 19.4 Å². The van der Waals surface area contributed by atoms with Crippen LogP contribution in [0.3, 0.4) is 0 Å². The number of nitrogens with zero attached hydrogens (tertiary/aromatic N) is 1. The molecular formula is C15H22N2O4. The van der Waals surface area contributed by atoms with E-state index in [-0.39, 0.29) is 31.5 Å². The Morgan fingerprint density at radius 2 is 1.95 bits per heavy atom. The second-order valence-corrected chi connectivity index (χ2v) is 4.50. The number of methoxy groups -OCH3 is 1. The Balaban J connectivity index is 2.43. The van der Waals surface area contributed by atoms with Crippen LogP contribution in [0.4, 0.5) is 0 Å². The fourth-order valence-corrected chi connectivity index (χ4v) is 1.84. The smallest absolute Gasteiger partial charge is 0.251 e. The standard InChI is InChI=1S/C15H22N2O4/c1-21-11-5-8-17(9-10-18)14(19)12-16-15(20)13-6-3-2-4-7-13/h2-4,6-7,18H,5,8-12H2,1H3,(H,16,20). The summed E-state index contributed by atoms with van der Waals surface area (Å²) in [6.07, 6.45) is 0.689. The van der Waals surface area contributed by atoms with Gasteiger partial charge >= 0.3 is 0 Å². The van der Waals surface area contributed by atoms with Crippen LogP contribution in [0.25, 0.3) is 0 Å². The van der Waals surface area contributed by atoms with E-state index in [0.717, 1.165) is 0 Å². The molecule has 0 radical (unpaired) electrons. The van der Waals surface area contributed by atoms with Gasteiger partial charge in [-0.2, -0.15) is 0 Å². The molecule has 2 N–H and O–H groups in total. The lowest BCUT2D eigenvalue weighted by molar-refractivity contribution is -0.130. The molecule has 1 rings (SSSR count). The Hall–Kier alpha value is -1.92. The van der Waals surface area contributed by atoms with E-state index in [1.54, 1.807) is 31.4 Å². The van der Waals surface area contributed by atoms with E-state index >= 15 is 0 Å². The van der Waals surface area contributed by atoms with Crippen LogP contribution in [0.5, 0.6) is 0 Å². The van der Waals surface area contributed by atoms with Crippen molar-refractivity contribution in [3.63, 3.8) is 0 Å². The summed E-state index contributed by atoms with van der Waals surface area (Å²) < 4.78 is 4.94. The minimum Gasteiger partial charge on any atom is -0.395 e. The van der Waals surface area contributed by atoms with E-state index in [1.807, 2.05) is 6.07 Å². The number of benzene rings is 1. The lowest BCUT2D eigenvalue weighted by atomic mass is 10.2. The number of carbonyl (C=O) groups is 2. The van der Waals surface area contributed by atoms with E-state index in [2.05, 4.69) is 5.32 Å². The van der Waals surface area contributed by atoms with Crippen LogP contribution in [0.15, 0.2) is 30.3 Å². The first-order valence-electron chi connectivity index (χ1n) is 6.90. The molecule has 6 nitrogen and oxygen atoms in total. The van der Waals surface area contributed by atoms with Gasteiger partial charge in [-0.15, -0.1) is 0 Å². The summed E-state index contributed by atoms with van der Waals surface area (Å²) in [7, 11) is 1.60. The number of rotatable bonds is 9. The molecule has 1 aromatic carbocycles. The van der Waals surface area contributed by atoms with Gasteiger partial charge in [0.2, 0.25) is 5.91 Å². The molecule has 21 heavy (non-hydrogen) atoms. The number of ether oxygens (including phenoxy) is 1. The molecule has 0 aromatic heterocycles. The fourth-order valence-electron chi connectivity index (χ4n) is 1.84. The molecule has 0 aliphatic carbocycles. The fraction of sp³-hybridized carbons (Fsp3) is 0.467. The third-order valence-electron chi connectivity index (χ3n) is 2.94. The van der Waals surface area contributed by atoms with E-state index in [4.69, 9.17) is 9.84 Å². The van der Waals surface area contributed by atoms with Gasteiger partial charge in [-0.25, -0.2) is 0 Å². The molecule has 1 aromatic rings. The molecule has 0 atom stereocenters. The van der Waals surface area contributed by atoms with Crippen molar-refractivity contribution in [1.29, 1.82) is 0 Å². The van der Waals surface area contributed by atoms with Gasteiger partial charge in [-0.05, 0) is 18.6 Å². The topological polar surface area (TPSA) is 78.9 Å². The van der Waals surface area contributed by atoms with Crippen LogP contribution >= 0.6 is 0 Å². The summed E-state index contributed by atoms with van der Waals surface area (Å²) in [4.78, 5) is 25.4. The Labute approximate surface area is 124 Å². The molecule has 0 saturated heterocycles. The minimum absolute atomic E-state index is 0.0826. The van der Waals surface area contributed by atoms with Crippen LogP contribution in [-0.4, -0.2) is 61.8 Å². The SMILES string of the molecule is COCCCN(CCO)C(=O)CNC(=O)c1ccccc1. The maximum atomic E-state index is 12.0. The van der Waals surface area contributed by atoms with E-state index < -0.39 is 0 Å². The summed E-state index contributed by atoms with van der Waals surface area (Å²) in [6.45, 7) is 1.11. The number of hydrogen-bond acceptors (Lipinski definition) is 4. The highest BCUT2D eigenvalue weighted by Gasteiger charge is 2.14. The molecule has 0 heterocycles. The maximum Gasteiger partial charge on any atom is 0.251 e. The van der Waals surface area contributed by atoms with Crippen LogP contribution in [-0.2, 0) is 9.53 Å². The molecule has 0 aliphatic heterocycles. The Kier molecular flexibility index (Phi) is 8.08. The summed E-state index contributed by atoms with van der Waals surface area (Å²) >= 11 is 0. The zero-order valence-electron chi connectivity index (χ0n) is 12.2. The van der Waals surface area contributed by atoms with Crippen molar-refractivity contribution >= 4 is 11.8 Å². The summed E-state index contributed by atoms with van der Waals surface area (Å²) in [6, 6.07) is 8.72. The van der Waals surface area contributed by atoms with Crippen molar-refractivity contribution in [1.82, 2.24) is 10.2 Å². The highest BCUT2D eigenvalue weighted by Crippen LogP contribution is 1.98. The predicted octanol–water partition coefficient (Wildman–Crippen LogP) is 0.274. The Morgan fingerprint density at radius 3 is 2.57 bits per heavy atom. The predicted molar refractivity (Wildman–Crippen MR) is 78.9 cm³/mol. The molecule has 6 heteroatoms. The Morgan fingerprint density at radius 1 is 1.24 bits per heavy atom. The molecule has 0 fully saturated rings. The lowest BCUT2D eigenvalue weighted by Gasteiger charge is -2.21. The molecule has 0 unspecified atom stereocenters. The number of nitrogens with one attached hydrogen (secondary N) is 1. The van der Waals surface area contributed by atoms with Gasteiger partial charge in [0.25, 0.3) is 5.91 Å². The lowest BCUT2D eigenvalue weighted by Crippen LogP contribution is -2.42. The maximum absolute atomic E-state index is 12.0. The normalized spacial score (nSPS) is 10.2. The number of aliphatic hydroxyl groups excluding tert-OH is 1.